The number of Topliss-reactive ketones (excluding diaryl/α,β-unsaturated/α-hetero) is 1. The van der Waals surface area contributed by atoms with Gasteiger partial charge in [-0.1, -0.05) is 29.8 Å². The lowest BCUT2D eigenvalue weighted by Gasteiger charge is -2.08. The van der Waals surface area contributed by atoms with E-state index in [1.807, 2.05) is 36.4 Å². The molecule has 2 heterocycles. The van der Waals surface area contributed by atoms with Crippen molar-refractivity contribution in [2.24, 2.45) is 0 Å². The number of ether oxygens (including phenoxy) is 2. The van der Waals surface area contributed by atoms with Gasteiger partial charge in [-0.3, -0.25) is 4.79 Å². The van der Waals surface area contributed by atoms with Gasteiger partial charge in [0.1, 0.15) is 11.3 Å². The van der Waals surface area contributed by atoms with Crippen LogP contribution in [0.3, 0.4) is 0 Å². The molecule has 0 N–H and O–H groups in total. The topological polar surface area (TPSA) is 83.6 Å². The second-order valence-electron chi connectivity index (χ2n) is 8.88. The minimum absolute atomic E-state index is 0.114. The summed E-state index contributed by atoms with van der Waals surface area (Å²) in [5, 5.41) is 6.10. The van der Waals surface area contributed by atoms with Gasteiger partial charge in [0, 0.05) is 39.7 Å². The molecule has 1 aliphatic carbocycles. The minimum Gasteiger partial charge on any atom is -0.493 e. The summed E-state index contributed by atoms with van der Waals surface area (Å²) in [7, 11) is 3.09. The zero-order valence-corrected chi connectivity index (χ0v) is 21.3. The van der Waals surface area contributed by atoms with E-state index in [0.29, 0.717) is 56.5 Å². The van der Waals surface area contributed by atoms with Crippen molar-refractivity contribution in [2.75, 3.05) is 14.2 Å². The number of halogens is 1. The molecule has 188 valence electrons. The molecule has 0 radical (unpaired) electrons. The monoisotopic (exact) mass is 524 g/mol. The summed E-state index contributed by atoms with van der Waals surface area (Å²) in [6.45, 7) is 0. The first-order valence-electron chi connectivity index (χ1n) is 11.8. The maximum absolute atomic E-state index is 13.4. The molecule has 7 nitrogen and oxygen atoms in total. The number of carbonyl (C=O) groups is 1. The standard InChI is InChI=1S/C30H21ClN2O5/c1-36-26-14-18-11-19(29(34)23(18)15-27(26)37-2)12-20-16-33(22-9-7-21(31)8-10-22)32-28(20)24-13-17-5-3-4-6-25(17)38-30(24)35/h3-10,12-16H,11H2,1-2H3/b19-12-. The zero-order valence-electron chi connectivity index (χ0n) is 20.5. The molecule has 1 aliphatic rings. The van der Waals surface area contributed by atoms with Crippen LogP contribution in [0.2, 0.25) is 5.02 Å². The molecule has 0 amide bonds. The highest BCUT2D eigenvalue weighted by Gasteiger charge is 2.28. The molecule has 0 saturated carbocycles. The Balaban J connectivity index is 1.51. The van der Waals surface area contributed by atoms with Crippen LogP contribution < -0.4 is 15.1 Å². The van der Waals surface area contributed by atoms with Crippen LogP contribution >= 0.6 is 11.6 Å². The van der Waals surface area contributed by atoms with Crippen molar-refractivity contribution in [2.45, 2.75) is 6.42 Å². The number of hydrogen-bond donors (Lipinski definition) is 0. The predicted octanol–water partition coefficient (Wildman–Crippen LogP) is 6.14. The highest BCUT2D eigenvalue weighted by molar-refractivity contribution is 6.30. The summed E-state index contributed by atoms with van der Waals surface area (Å²) in [5.41, 5.74) is 4.01. The summed E-state index contributed by atoms with van der Waals surface area (Å²) in [4.78, 5) is 26.4. The average Bonchev–Trinajstić information content (AvgIpc) is 3.48. The summed E-state index contributed by atoms with van der Waals surface area (Å²) < 4.78 is 18.0. The molecular weight excluding hydrogens is 504 g/mol. The van der Waals surface area contributed by atoms with Gasteiger partial charge in [0.05, 0.1) is 25.5 Å². The quantitative estimate of drug-likeness (QED) is 0.203. The Hall–Kier alpha value is -4.62. The fourth-order valence-corrected chi connectivity index (χ4v) is 4.82. The molecule has 2 aromatic heterocycles. The van der Waals surface area contributed by atoms with Gasteiger partial charge in [0.25, 0.3) is 0 Å². The molecule has 0 atom stereocenters. The first-order chi connectivity index (χ1) is 18.4. The van der Waals surface area contributed by atoms with Crippen molar-refractivity contribution in [3.63, 3.8) is 0 Å². The van der Waals surface area contributed by atoms with E-state index in [4.69, 9.17) is 30.6 Å². The van der Waals surface area contributed by atoms with Crippen LogP contribution in [0, 0.1) is 0 Å². The summed E-state index contributed by atoms with van der Waals surface area (Å²) in [5.74, 6) is 0.938. The molecule has 38 heavy (non-hydrogen) atoms. The third kappa shape index (κ3) is 4.07. The Morgan fingerprint density at radius 2 is 1.68 bits per heavy atom. The number of rotatable bonds is 5. The smallest absolute Gasteiger partial charge is 0.345 e. The molecule has 0 fully saturated rings. The first kappa shape index (κ1) is 23.8. The van der Waals surface area contributed by atoms with Crippen molar-refractivity contribution in [3.8, 4) is 28.4 Å². The lowest BCUT2D eigenvalue weighted by molar-refractivity contribution is 0.104. The molecule has 6 rings (SSSR count). The van der Waals surface area contributed by atoms with Crippen LogP contribution in [0.4, 0.5) is 0 Å². The normalized spacial score (nSPS) is 13.8. The number of para-hydroxylation sites is 1. The molecule has 0 saturated heterocycles. The second-order valence-corrected chi connectivity index (χ2v) is 9.32. The molecule has 0 aliphatic heterocycles. The fraction of sp³-hybridized carbons (Fsp3) is 0.100. The number of aromatic nitrogens is 2. The zero-order chi connectivity index (χ0) is 26.4. The Bertz CT molecular complexity index is 1820. The number of ketones is 1. The van der Waals surface area contributed by atoms with Gasteiger partial charge in [-0.15, -0.1) is 0 Å². The first-order valence-corrected chi connectivity index (χ1v) is 12.2. The van der Waals surface area contributed by atoms with Crippen molar-refractivity contribution < 1.29 is 18.7 Å². The van der Waals surface area contributed by atoms with Crippen molar-refractivity contribution in [1.82, 2.24) is 9.78 Å². The summed E-state index contributed by atoms with van der Waals surface area (Å²) >= 11 is 6.08. The molecule has 0 spiro atoms. The number of allylic oxidation sites excluding steroid dienone is 1. The lowest BCUT2D eigenvalue weighted by Crippen LogP contribution is -2.04. The van der Waals surface area contributed by atoms with E-state index in [9.17, 15) is 9.59 Å². The van der Waals surface area contributed by atoms with Crippen LogP contribution in [0.15, 0.2) is 87.7 Å². The molecular formula is C30H21ClN2O5. The number of nitrogens with zero attached hydrogens (tertiary/aromatic N) is 2. The maximum Gasteiger partial charge on any atom is 0.345 e. The van der Waals surface area contributed by atoms with Gasteiger partial charge < -0.3 is 13.9 Å². The molecule has 0 unspecified atom stereocenters. The van der Waals surface area contributed by atoms with E-state index in [-0.39, 0.29) is 5.78 Å². The van der Waals surface area contributed by atoms with Gasteiger partial charge in [-0.2, -0.15) is 5.10 Å². The molecule has 0 bridgehead atoms. The third-order valence-electron chi connectivity index (χ3n) is 6.59. The second kappa shape index (κ2) is 9.36. The molecule has 5 aromatic rings. The highest BCUT2D eigenvalue weighted by Crippen LogP contribution is 2.38. The average molecular weight is 525 g/mol. The van der Waals surface area contributed by atoms with Gasteiger partial charge in [0.15, 0.2) is 17.3 Å². The van der Waals surface area contributed by atoms with Crippen molar-refractivity contribution >= 4 is 34.4 Å². The van der Waals surface area contributed by atoms with Gasteiger partial charge in [0.2, 0.25) is 0 Å². The molecule has 8 heteroatoms. The van der Waals surface area contributed by atoms with Crippen LogP contribution in [0.1, 0.15) is 21.5 Å². The summed E-state index contributed by atoms with van der Waals surface area (Å²) in [6.07, 6.45) is 3.98. The highest BCUT2D eigenvalue weighted by atomic mass is 35.5. The Morgan fingerprint density at radius 1 is 0.947 bits per heavy atom. The number of methoxy groups -OCH3 is 2. The number of benzene rings is 3. The van der Waals surface area contributed by atoms with E-state index in [1.165, 1.54) is 7.11 Å². The van der Waals surface area contributed by atoms with Gasteiger partial charge in [-0.25, -0.2) is 9.48 Å². The van der Waals surface area contributed by atoms with Crippen LogP contribution in [0.5, 0.6) is 11.5 Å². The van der Waals surface area contributed by atoms with E-state index in [2.05, 4.69) is 0 Å². The van der Waals surface area contributed by atoms with Crippen LogP contribution in [-0.2, 0) is 6.42 Å². The Kier molecular flexibility index (Phi) is 5.85. The maximum atomic E-state index is 13.4. The van der Waals surface area contributed by atoms with Gasteiger partial charge >= 0.3 is 5.63 Å². The largest absolute Gasteiger partial charge is 0.493 e. The minimum atomic E-state index is -0.514. The van der Waals surface area contributed by atoms with Crippen LogP contribution in [0.25, 0.3) is 34.0 Å². The number of hydrogen-bond acceptors (Lipinski definition) is 6. The van der Waals surface area contributed by atoms with E-state index in [1.54, 1.807) is 54.4 Å². The number of carbonyl (C=O) groups excluding carboxylic acids is 1. The Labute approximate surface area is 222 Å². The third-order valence-corrected chi connectivity index (χ3v) is 6.84. The fourth-order valence-electron chi connectivity index (χ4n) is 4.70. The summed E-state index contributed by atoms with van der Waals surface area (Å²) in [6, 6.07) is 19.8. The lowest BCUT2D eigenvalue weighted by atomic mass is 10.0. The van der Waals surface area contributed by atoms with E-state index < -0.39 is 5.63 Å². The van der Waals surface area contributed by atoms with Crippen LogP contribution in [-0.4, -0.2) is 29.8 Å². The predicted molar refractivity (Wildman–Crippen MR) is 146 cm³/mol. The van der Waals surface area contributed by atoms with Crippen molar-refractivity contribution in [1.29, 1.82) is 0 Å². The van der Waals surface area contributed by atoms with E-state index in [0.717, 1.165) is 16.6 Å². The molecule has 3 aromatic carbocycles. The van der Waals surface area contributed by atoms with Crippen molar-refractivity contribution in [3.05, 3.63) is 111 Å². The Morgan fingerprint density at radius 3 is 2.45 bits per heavy atom. The number of fused-ring (bicyclic) bond motifs is 2. The van der Waals surface area contributed by atoms with Gasteiger partial charge in [-0.05, 0) is 60.2 Å². The SMILES string of the molecule is COc1cc2c(cc1OC)C(=O)/C(=C\c1cn(-c3ccc(Cl)cc3)nc1-c1cc3ccccc3oc1=O)C2. The van der Waals surface area contributed by atoms with E-state index >= 15 is 0 Å².